The summed E-state index contributed by atoms with van der Waals surface area (Å²) in [6.45, 7) is 10.4. The van der Waals surface area contributed by atoms with Crippen LogP contribution in [0.1, 0.15) is 67.3 Å². The van der Waals surface area contributed by atoms with E-state index in [0.29, 0.717) is 28.3 Å². The molecule has 0 aromatic heterocycles. The molecule has 6 nitrogen and oxygen atoms in total. The Morgan fingerprint density at radius 3 is 2.14 bits per heavy atom. The van der Waals surface area contributed by atoms with E-state index in [4.69, 9.17) is 17.0 Å². The van der Waals surface area contributed by atoms with Crippen molar-refractivity contribution >= 4 is 40.5 Å². The molecule has 0 heterocycles. The Bertz CT molecular complexity index is 1230. The maximum Gasteiger partial charge on any atom is 0.257 e. The predicted molar refractivity (Wildman–Crippen MR) is 150 cm³/mol. The van der Waals surface area contributed by atoms with Gasteiger partial charge in [-0.2, -0.15) is 0 Å². The Morgan fingerprint density at radius 2 is 1.50 bits per heavy atom. The molecule has 0 aliphatic heterocycles. The summed E-state index contributed by atoms with van der Waals surface area (Å²) in [4.78, 5) is 25.4. The standard InChI is InChI=1S/C29H33N3O3S/c1-6-19(2)35-25-12-7-9-21(17-25)27(34)32-28(36)31-24-11-8-10-23(18-24)30-26(33)20-13-15-22(16-14-20)29(3,4)5/h7-19H,6H2,1-5H3,(H,30,33)(H2,31,32,34,36). The van der Waals surface area contributed by atoms with E-state index in [2.05, 4.69) is 36.7 Å². The fourth-order valence-corrected chi connectivity index (χ4v) is 3.57. The molecule has 36 heavy (non-hydrogen) atoms. The summed E-state index contributed by atoms with van der Waals surface area (Å²) in [7, 11) is 0. The molecule has 3 rings (SSSR count). The third-order valence-corrected chi connectivity index (χ3v) is 5.83. The summed E-state index contributed by atoms with van der Waals surface area (Å²) in [5.41, 5.74) is 3.44. The largest absolute Gasteiger partial charge is 0.491 e. The predicted octanol–water partition coefficient (Wildman–Crippen LogP) is 6.54. The Labute approximate surface area is 218 Å². The van der Waals surface area contributed by atoms with Crippen LogP contribution in [0.4, 0.5) is 11.4 Å². The highest BCUT2D eigenvalue weighted by Gasteiger charge is 2.15. The molecular formula is C29H33N3O3S. The van der Waals surface area contributed by atoms with Gasteiger partial charge in [-0.15, -0.1) is 0 Å². The molecule has 7 heteroatoms. The molecule has 0 fully saturated rings. The van der Waals surface area contributed by atoms with Gasteiger partial charge < -0.3 is 15.4 Å². The number of nitrogens with one attached hydrogen (secondary N) is 3. The molecule has 1 atom stereocenters. The summed E-state index contributed by atoms with van der Waals surface area (Å²) >= 11 is 5.32. The Balaban J connectivity index is 1.59. The molecule has 0 saturated carbocycles. The molecule has 3 aromatic carbocycles. The van der Waals surface area contributed by atoms with Crippen LogP contribution in [0.2, 0.25) is 0 Å². The van der Waals surface area contributed by atoms with Crippen LogP contribution < -0.4 is 20.7 Å². The SMILES string of the molecule is CCC(C)Oc1cccc(C(=O)NC(=S)Nc2cccc(NC(=O)c3ccc(C(C)(C)C)cc3)c2)c1. The Morgan fingerprint density at radius 1 is 0.861 bits per heavy atom. The van der Waals surface area contributed by atoms with Crippen LogP contribution >= 0.6 is 12.2 Å². The van der Waals surface area contributed by atoms with E-state index in [-0.39, 0.29) is 28.4 Å². The van der Waals surface area contributed by atoms with E-state index in [1.54, 1.807) is 42.5 Å². The Hall–Kier alpha value is -3.71. The van der Waals surface area contributed by atoms with E-state index in [0.717, 1.165) is 12.0 Å². The van der Waals surface area contributed by atoms with E-state index < -0.39 is 0 Å². The van der Waals surface area contributed by atoms with E-state index in [9.17, 15) is 9.59 Å². The van der Waals surface area contributed by atoms with Crippen molar-refractivity contribution in [2.45, 2.75) is 52.6 Å². The van der Waals surface area contributed by atoms with Gasteiger partial charge in [-0.3, -0.25) is 14.9 Å². The molecule has 188 valence electrons. The average molecular weight is 504 g/mol. The lowest BCUT2D eigenvalue weighted by Crippen LogP contribution is -2.34. The third kappa shape index (κ3) is 7.65. The van der Waals surface area contributed by atoms with Crippen LogP contribution in [0.3, 0.4) is 0 Å². The molecule has 0 radical (unpaired) electrons. The van der Waals surface area contributed by atoms with Gasteiger partial charge in [0.1, 0.15) is 5.75 Å². The highest BCUT2D eigenvalue weighted by atomic mass is 32.1. The van der Waals surface area contributed by atoms with Crippen molar-refractivity contribution in [1.82, 2.24) is 5.32 Å². The number of benzene rings is 3. The number of carbonyl (C=O) groups excluding carboxylic acids is 2. The van der Waals surface area contributed by atoms with Gasteiger partial charge in [0.05, 0.1) is 6.10 Å². The van der Waals surface area contributed by atoms with Gasteiger partial charge in [0.25, 0.3) is 11.8 Å². The number of rotatable bonds is 7. The number of ether oxygens (including phenoxy) is 1. The summed E-state index contributed by atoms with van der Waals surface area (Å²) in [5, 5.41) is 8.72. The van der Waals surface area contributed by atoms with Crippen LogP contribution in [-0.4, -0.2) is 23.0 Å². The normalized spacial score (nSPS) is 11.8. The van der Waals surface area contributed by atoms with Gasteiger partial charge in [0.15, 0.2) is 5.11 Å². The average Bonchev–Trinajstić information content (AvgIpc) is 2.83. The number of hydrogen-bond donors (Lipinski definition) is 3. The molecule has 2 amide bonds. The summed E-state index contributed by atoms with van der Waals surface area (Å²) < 4.78 is 5.79. The van der Waals surface area contributed by atoms with Crippen molar-refractivity contribution in [2.24, 2.45) is 0 Å². The molecule has 3 N–H and O–H groups in total. The van der Waals surface area contributed by atoms with E-state index in [1.165, 1.54) is 0 Å². The molecule has 0 bridgehead atoms. The first-order valence-corrected chi connectivity index (χ1v) is 12.4. The van der Waals surface area contributed by atoms with Crippen molar-refractivity contribution in [2.75, 3.05) is 10.6 Å². The minimum atomic E-state index is -0.342. The molecular weight excluding hydrogens is 470 g/mol. The van der Waals surface area contributed by atoms with Crippen LogP contribution in [0.25, 0.3) is 0 Å². The number of carbonyl (C=O) groups is 2. The number of anilines is 2. The first-order chi connectivity index (χ1) is 17.0. The lowest BCUT2D eigenvalue weighted by Gasteiger charge is -2.19. The number of thiocarbonyl (C=S) groups is 1. The molecule has 0 aliphatic carbocycles. The minimum absolute atomic E-state index is 0.0209. The minimum Gasteiger partial charge on any atom is -0.491 e. The van der Waals surface area contributed by atoms with Crippen molar-refractivity contribution < 1.29 is 14.3 Å². The van der Waals surface area contributed by atoms with Gasteiger partial charge in [0, 0.05) is 22.5 Å². The quantitative estimate of drug-likeness (QED) is 0.319. The topological polar surface area (TPSA) is 79.5 Å². The molecule has 0 spiro atoms. The van der Waals surface area contributed by atoms with Crippen LogP contribution in [0, 0.1) is 0 Å². The van der Waals surface area contributed by atoms with Gasteiger partial charge in [0.2, 0.25) is 0 Å². The zero-order chi connectivity index (χ0) is 26.3. The highest BCUT2D eigenvalue weighted by Crippen LogP contribution is 2.23. The zero-order valence-electron chi connectivity index (χ0n) is 21.3. The Kier molecular flexibility index (Phi) is 8.83. The first-order valence-electron chi connectivity index (χ1n) is 12.0. The first kappa shape index (κ1) is 26.9. The fraction of sp³-hybridized carbons (Fsp3) is 0.276. The van der Waals surface area contributed by atoms with Gasteiger partial charge >= 0.3 is 0 Å². The smallest absolute Gasteiger partial charge is 0.257 e. The summed E-state index contributed by atoms with van der Waals surface area (Å²) in [5.74, 6) is 0.0839. The van der Waals surface area contributed by atoms with Crippen molar-refractivity contribution in [3.05, 3.63) is 89.5 Å². The second kappa shape index (κ2) is 11.8. The zero-order valence-corrected chi connectivity index (χ0v) is 22.2. The second-order valence-corrected chi connectivity index (χ2v) is 10.0. The van der Waals surface area contributed by atoms with Crippen molar-refractivity contribution in [3.63, 3.8) is 0 Å². The number of amides is 2. The number of hydrogen-bond acceptors (Lipinski definition) is 4. The summed E-state index contributed by atoms with van der Waals surface area (Å²) in [6.07, 6.45) is 0.926. The van der Waals surface area contributed by atoms with Gasteiger partial charge in [-0.05, 0) is 85.1 Å². The van der Waals surface area contributed by atoms with Crippen molar-refractivity contribution in [3.8, 4) is 5.75 Å². The maximum absolute atomic E-state index is 12.7. The third-order valence-electron chi connectivity index (χ3n) is 5.63. The van der Waals surface area contributed by atoms with Crippen LogP contribution in [0.15, 0.2) is 72.8 Å². The lowest BCUT2D eigenvalue weighted by molar-refractivity contribution is 0.0975. The summed E-state index contributed by atoms with van der Waals surface area (Å²) in [6, 6.07) is 21.7. The van der Waals surface area contributed by atoms with E-state index in [1.807, 2.05) is 44.2 Å². The molecule has 0 saturated heterocycles. The fourth-order valence-electron chi connectivity index (χ4n) is 3.36. The van der Waals surface area contributed by atoms with Crippen molar-refractivity contribution in [1.29, 1.82) is 0 Å². The van der Waals surface area contributed by atoms with Gasteiger partial charge in [-0.1, -0.05) is 52.0 Å². The monoisotopic (exact) mass is 503 g/mol. The molecule has 0 aliphatic rings. The highest BCUT2D eigenvalue weighted by molar-refractivity contribution is 7.80. The lowest BCUT2D eigenvalue weighted by atomic mass is 9.87. The van der Waals surface area contributed by atoms with Gasteiger partial charge in [-0.25, -0.2) is 0 Å². The van der Waals surface area contributed by atoms with Crippen LogP contribution in [0.5, 0.6) is 5.75 Å². The molecule has 3 aromatic rings. The maximum atomic E-state index is 12.7. The van der Waals surface area contributed by atoms with E-state index >= 15 is 0 Å². The molecule has 1 unspecified atom stereocenters. The second-order valence-electron chi connectivity index (χ2n) is 9.64. The van der Waals surface area contributed by atoms with Crippen LogP contribution in [-0.2, 0) is 5.41 Å².